The van der Waals surface area contributed by atoms with E-state index in [9.17, 15) is 4.79 Å². The van der Waals surface area contributed by atoms with Gasteiger partial charge in [-0.1, -0.05) is 6.92 Å². The Bertz CT molecular complexity index is 317. The average molecular weight is 238 g/mol. The molecule has 1 amide bonds. The van der Waals surface area contributed by atoms with Gasteiger partial charge in [0.1, 0.15) is 5.60 Å². The average Bonchev–Trinajstić information content (AvgIpc) is 2.27. The third kappa shape index (κ3) is 3.62. The molecule has 0 aromatic carbocycles. The van der Waals surface area contributed by atoms with Crippen molar-refractivity contribution in [3.05, 3.63) is 11.4 Å². The quantitative estimate of drug-likeness (QED) is 0.658. The lowest BCUT2D eigenvalue weighted by molar-refractivity contribution is 0.0182. The van der Waals surface area contributed by atoms with E-state index in [0.717, 1.165) is 19.3 Å². The molecule has 1 fully saturated rings. The summed E-state index contributed by atoms with van der Waals surface area (Å²) in [5, 5.41) is 0. The largest absolute Gasteiger partial charge is 0.444 e. The zero-order valence-corrected chi connectivity index (χ0v) is 11.2. The van der Waals surface area contributed by atoms with Gasteiger partial charge in [0.15, 0.2) is 0 Å². The van der Waals surface area contributed by atoms with Gasteiger partial charge in [-0.2, -0.15) is 0 Å². The van der Waals surface area contributed by atoms with Crippen molar-refractivity contribution in [1.29, 1.82) is 0 Å². The van der Waals surface area contributed by atoms with Crippen LogP contribution in [-0.2, 0) is 4.74 Å². The molecule has 1 aliphatic rings. The van der Waals surface area contributed by atoms with Crippen molar-refractivity contribution < 1.29 is 9.53 Å². The highest BCUT2D eigenvalue weighted by molar-refractivity contribution is 5.68. The van der Waals surface area contributed by atoms with Gasteiger partial charge in [0.2, 0.25) is 5.54 Å². The highest BCUT2D eigenvalue weighted by atomic mass is 16.6. The number of likely N-dealkylation sites (tertiary alicyclic amines) is 1. The molecule has 0 bridgehead atoms. The summed E-state index contributed by atoms with van der Waals surface area (Å²) in [5.41, 5.74) is -0.700. The Balaban J connectivity index is 2.53. The van der Waals surface area contributed by atoms with E-state index in [2.05, 4.69) is 4.85 Å². The van der Waals surface area contributed by atoms with Gasteiger partial charge >= 0.3 is 6.09 Å². The smallest absolute Gasteiger partial charge is 0.410 e. The molecule has 0 atom stereocenters. The third-order valence-electron chi connectivity index (χ3n) is 3.24. The van der Waals surface area contributed by atoms with E-state index in [4.69, 9.17) is 11.3 Å². The predicted molar refractivity (Wildman–Crippen MR) is 66.7 cm³/mol. The van der Waals surface area contributed by atoms with Gasteiger partial charge < -0.3 is 14.5 Å². The molecule has 17 heavy (non-hydrogen) atoms. The van der Waals surface area contributed by atoms with Crippen molar-refractivity contribution in [1.82, 2.24) is 4.90 Å². The Kier molecular flexibility index (Phi) is 4.03. The second kappa shape index (κ2) is 4.95. The first-order valence-electron chi connectivity index (χ1n) is 6.18. The van der Waals surface area contributed by atoms with Crippen molar-refractivity contribution in [2.24, 2.45) is 0 Å². The Morgan fingerprint density at radius 2 is 1.94 bits per heavy atom. The number of piperidine rings is 1. The zero-order chi connectivity index (χ0) is 13.1. The lowest BCUT2D eigenvalue weighted by Gasteiger charge is -2.34. The number of carbonyl (C=O) groups is 1. The lowest BCUT2D eigenvalue weighted by atomic mass is 9.86. The van der Waals surface area contributed by atoms with Crippen molar-refractivity contribution in [2.45, 2.75) is 58.1 Å². The highest BCUT2D eigenvalue weighted by Crippen LogP contribution is 2.30. The second-order valence-corrected chi connectivity index (χ2v) is 5.66. The second-order valence-electron chi connectivity index (χ2n) is 5.66. The molecule has 1 heterocycles. The topological polar surface area (TPSA) is 33.9 Å². The summed E-state index contributed by atoms with van der Waals surface area (Å²) in [6.45, 7) is 16.2. The molecule has 4 heteroatoms. The summed E-state index contributed by atoms with van der Waals surface area (Å²) in [6.07, 6.45) is 2.11. The molecule has 0 N–H and O–H groups in total. The van der Waals surface area contributed by atoms with Crippen LogP contribution in [0.1, 0.15) is 47.0 Å². The van der Waals surface area contributed by atoms with Crippen LogP contribution in [0.3, 0.4) is 0 Å². The molecule has 1 rings (SSSR count). The first-order chi connectivity index (χ1) is 7.82. The van der Waals surface area contributed by atoms with Crippen molar-refractivity contribution >= 4 is 6.09 Å². The van der Waals surface area contributed by atoms with Crippen LogP contribution in [0.2, 0.25) is 0 Å². The number of amides is 1. The maximum atomic E-state index is 11.8. The van der Waals surface area contributed by atoms with E-state index in [1.807, 2.05) is 27.7 Å². The highest BCUT2D eigenvalue weighted by Gasteiger charge is 2.40. The van der Waals surface area contributed by atoms with Crippen LogP contribution in [-0.4, -0.2) is 35.2 Å². The normalized spacial score (nSPS) is 19.6. The number of hydrogen-bond acceptors (Lipinski definition) is 2. The van der Waals surface area contributed by atoms with Crippen LogP contribution in [0, 0.1) is 6.57 Å². The third-order valence-corrected chi connectivity index (χ3v) is 3.24. The molecular weight excluding hydrogens is 216 g/mol. The first-order valence-corrected chi connectivity index (χ1v) is 6.18. The van der Waals surface area contributed by atoms with Gasteiger partial charge in [0.05, 0.1) is 0 Å². The SMILES string of the molecule is [C-]#[N+]C1(CC)CCN(C(=O)OC(C)(C)C)CC1. The number of hydrogen-bond donors (Lipinski definition) is 0. The van der Waals surface area contributed by atoms with Gasteiger partial charge in [-0.3, -0.25) is 0 Å². The maximum absolute atomic E-state index is 11.8. The number of nitrogens with zero attached hydrogens (tertiary/aromatic N) is 2. The standard InChI is InChI=1S/C13H22N2O2/c1-6-13(14-5)7-9-15(10-8-13)11(16)17-12(2,3)4/h6-10H2,1-4H3. The molecule has 0 unspecified atom stereocenters. The van der Waals surface area contributed by atoms with Crippen molar-refractivity contribution in [2.75, 3.05) is 13.1 Å². The van der Waals surface area contributed by atoms with E-state index in [1.54, 1.807) is 4.90 Å². The fourth-order valence-corrected chi connectivity index (χ4v) is 1.98. The van der Waals surface area contributed by atoms with Crippen LogP contribution in [0.5, 0.6) is 0 Å². The Morgan fingerprint density at radius 1 is 1.41 bits per heavy atom. The van der Waals surface area contributed by atoms with Crippen LogP contribution >= 0.6 is 0 Å². The molecule has 4 nitrogen and oxygen atoms in total. The van der Waals surface area contributed by atoms with E-state index in [-0.39, 0.29) is 11.6 Å². The van der Waals surface area contributed by atoms with Gasteiger partial charge in [-0.05, 0) is 20.8 Å². The summed E-state index contributed by atoms with van der Waals surface area (Å²) in [4.78, 5) is 17.3. The van der Waals surface area contributed by atoms with Gasteiger partial charge in [-0.15, -0.1) is 0 Å². The Morgan fingerprint density at radius 3 is 2.29 bits per heavy atom. The Labute approximate surface area is 104 Å². The van der Waals surface area contributed by atoms with E-state index >= 15 is 0 Å². The fourth-order valence-electron chi connectivity index (χ4n) is 1.98. The minimum Gasteiger partial charge on any atom is -0.444 e. The van der Waals surface area contributed by atoms with E-state index in [1.165, 1.54) is 0 Å². The summed E-state index contributed by atoms with van der Waals surface area (Å²) >= 11 is 0. The number of rotatable bonds is 1. The Hall–Kier alpha value is -1.24. The maximum Gasteiger partial charge on any atom is 0.410 e. The zero-order valence-electron chi connectivity index (χ0n) is 11.2. The molecule has 0 spiro atoms. The summed E-state index contributed by atoms with van der Waals surface area (Å²) in [5.74, 6) is 0. The van der Waals surface area contributed by atoms with E-state index < -0.39 is 5.60 Å². The van der Waals surface area contributed by atoms with Crippen LogP contribution < -0.4 is 0 Å². The molecule has 0 saturated carbocycles. The van der Waals surface area contributed by atoms with Gasteiger partial charge in [0, 0.05) is 32.4 Å². The molecule has 0 aromatic heterocycles. The number of ether oxygens (including phenoxy) is 1. The molecule has 1 aliphatic heterocycles. The lowest BCUT2D eigenvalue weighted by Crippen LogP contribution is -2.46. The molecule has 96 valence electrons. The van der Waals surface area contributed by atoms with Gasteiger partial charge in [0.25, 0.3) is 0 Å². The molecule has 0 aromatic rings. The molecule has 0 aliphatic carbocycles. The van der Waals surface area contributed by atoms with Gasteiger partial charge in [-0.25, -0.2) is 11.4 Å². The summed E-state index contributed by atoms with van der Waals surface area (Å²) in [7, 11) is 0. The minimum atomic E-state index is -0.448. The van der Waals surface area contributed by atoms with Crippen LogP contribution in [0.4, 0.5) is 4.79 Å². The summed E-state index contributed by atoms with van der Waals surface area (Å²) < 4.78 is 5.32. The predicted octanol–water partition coefficient (Wildman–Crippen LogP) is 3.09. The molecule has 1 saturated heterocycles. The van der Waals surface area contributed by atoms with Crippen LogP contribution in [0.15, 0.2) is 0 Å². The van der Waals surface area contributed by atoms with Crippen molar-refractivity contribution in [3.63, 3.8) is 0 Å². The van der Waals surface area contributed by atoms with Crippen LogP contribution in [0.25, 0.3) is 4.85 Å². The molecule has 0 radical (unpaired) electrons. The minimum absolute atomic E-state index is 0.251. The fraction of sp³-hybridized carbons (Fsp3) is 0.846. The van der Waals surface area contributed by atoms with E-state index in [0.29, 0.717) is 13.1 Å². The monoisotopic (exact) mass is 238 g/mol. The number of carbonyl (C=O) groups excluding carboxylic acids is 1. The van der Waals surface area contributed by atoms with Crippen molar-refractivity contribution in [3.8, 4) is 0 Å². The summed E-state index contributed by atoms with van der Waals surface area (Å²) in [6, 6.07) is 0. The first kappa shape index (κ1) is 13.8. The molecular formula is C13H22N2O2.